The lowest BCUT2D eigenvalue weighted by atomic mass is 9.82. The van der Waals surface area contributed by atoms with Gasteiger partial charge in [0.2, 0.25) is 5.78 Å². The quantitative estimate of drug-likeness (QED) is 0.179. The minimum atomic E-state index is -0.106. The SMILES string of the molecule is CC1(C)c2ccccc2-c2ccc(-n3c(-c4ccccc4)c(-c4ccccc4)c4c5ccc(-c6ccc(-c7cn8cccnc8n7)cc6)cc5ccc43)cc21. The molecule has 0 unspecified atom stereocenters. The Bertz CT molecular complexity index is 3060. The van der Waals surface area contributed by atoms with Gasteiger partial charge >= 0.3 is 0 Å². The Labute approximate surface area is 319 Å². The summed E-state index contributed by atoms with van der Waals surface area (Å²) < 4.78 is 4.46. The van der Waals surface area contributed by atoms with Gasteiger partial charge in [-0.15, -0.1) is 0 Å². The Hall–Kier alpha value is -7.04. The molecule has 0 bridgehead atoms. The zero-order chi connectivity index (χ0) is 36.7. The Kier molecular flexibility index (Phi) is 6.86. The van der Waals surface area contributed by atoms with E-state index in [0.29, 0.717) is 5.78 Å². The molecule has 55 heavy (non-hydrogen) atoms. The number of rotatable bonds is 5. The van der Waals surface area contributed by atoms with Crippen molar-refractivity contribution in [2.24, 2.45) is 0 Å². The van der Waals surface area contributed by atoms with Crippen LogP contribution in [0.25, 0.3) is 89.0 Å². The van der Waals surface area contributed by atoms with Crippen LogP contribution in [0.2, 0.25) is 0 Å². The van der Waals surface area contributed by atoms with Crippen LogP contribution in [0.4, 0.5) is 0 Å². The van der Waals surface area contributed by atoms with Gasteiger partial charge in [-0.3, -0.25) is 4.40 Å². The summed E-state index contributed by atoms with van der Waals surface area (Å²) in [5.74, 6) is 0.701. The highest BCUT2D eigenvalue weighted by molar-refractivity contribution is 6.19. The predicted molar refractivity (Wildman–Crippen MR) is 227 cm³/mol. The van der Waals surface area contributed by atoms with Gasteiger partial charge < -0.3 is 4.57 Å². The standard InChI is InChI=1S/C51H36N4/c1-51(2)43-17-10-9-16-41(43)42-26-24-39(31-44(42)51)55-46-27-23-38-30-37(33-18-20-34(21-19-33)45-32-54-29-11-28-52-50(54)53-45)22-25-40(38)48(46)47(35-12-5-3-6-13-35)49(55)36-14-7-4-8-15-36/h3-32H,1-2H3. The fourth-order valence-electron chi connectivity index (χ4n) is 8.95. The van der Waals surface area contributed by atoms with Crippen molar-refractivity contribution in [2.75, 3.05) is 0 Å². The Morgan fingerprint density at radius 1 is 0.545 bits per heavy atom. The fourth-order valence-corrected chi connectivity index (χ4v) is 8.95. The van der Waals surface area contributed by atoms with Crippen LogP contribution in [0.15, 0.2) is 182 Å². The molecule has 0 atom stereocenters. The molecule has 3 aromatic heterocycles. The van der Waals surface area contributed by atoms with Crippen LogP contribution in [0.5, 0.6) is 0 Å². The first-order chi connectivity index (χ1) is 27.0. The third-order valence-corrected chi connectivity index (χ3v) is 11.6. The average Bonchev–Trinajstić information content (AvgIpc) is 3.90. The number of benzene rings is 7. The molecule has 0 N–H and O–H groups in total. The molecule has 3 heterocycles. The van der Waals surface area contributed by atoms with Crippen molar-refractivity contribution in [1.82, 2.24) is 18.9 Å². The zero-order valence-corrected chi connectivity index (χ0v) is 30.6. The molecular formula is C51H36N4. The molecule has 1 aliphatic rings. The summed E-state index contributed by atoms with van der Waals surface area (Å²) in [7, 11) is 0. The van der Waals surface area contributed by atoms with Crippen molar-refractivity contribution in [1.29, 1.82) is 0 Å². The lowest BCUT2D eigenvalue weighted by Crippen LogP contribution is -2.15. The van der Waals surface area contributed by atoms with E-state index < -0.39 is 0 Å². The second kappa shape index (κ2) is 12.0. The molecule has 7 aromatic carbocycles. The van der Waals surface area contributed by atoms with E-state index in [1.54, 1.807) is 6.20 Å². The van der Waals surface area contributed by atoms with E-state index in [-0.39, 0.29) is 5.41 Å². The number of hydrogen-bond donors (Lipinski definition) is 0. The highest BCUT2D eigenvalue weighted by Gasteiger charge is 2.36. The number of aromatic nitrogens is 4. The van der Waals surface area contributed by atoms with Gasteiger partial charge in [0.25, 0.3) is 0 Å². The van der Waals surface area contributed by atoms with Crippen LogP contribution in [-0.4, -0.2) is 18.9 Å². The molecule has 0 spiro atoms. The highest BCUT2D eigenvalue weighted by atomic mass is 15.1. The first kappa shape index (κ1) is 31.5. The first-order valence-corrected chi connectivity index (χ1v) is 18.9. The van der Waals surface area contributed by atoms with Crippen molar-refractivity contribution >= 4 is 27.5 Å². The normalized spacial score (nSPS) is 13.1. The molecule has 0 amide bonds. The second-order valence-electron chi connectivity index (χ2n) is 15.1. The molecule has 4 nitrogen and oxygen atoms in total. The van der Waals surface area contributed by atoms with E-state index in [1.165, 1.54) is 83.1 Å². The summed E-state index contributed by atoms with van der Waals surface area (Å²) in [6.45, 7) is 4.72. The van der Waals surface area contributed by atoms with Crippen LogP contribution in [0.3, 0.4) is 0 Å². The van der Waals surface area contributed by atoms with Gasteiger partial charge in [-0.25, -0.2) is 9.97 Å². The summed E-state index contributed by atoms with van der Waals surface area (Å²) in [4.78, 5) is 9.11. The van der Waals surface area contributed by atoms with E-state index in [2.05, 4.69) is 181 Å². The molecule has 1 aliphatic carbocycles. The predicted octanol–water partition coefficient (Wildman–Crippen LogP) is 12.8. The Morgan fingerprint density at radius 3 is 2.05 bits per heavy atom. The molecule has 0 saturated heterocycles. The van der Waals surface area contributed by atoms with Gasteiger partial charge in [-0.1, -0.05) is 147 Å². The van der Waals surface area contributed by atoms with E-state index in [0.717, 1.165) is 11.3 Å². The van der Waals surface area contributed by atoms with Crippen LogP contribution in [0, 0.1) is 0 Å². The fraction of sp³-hybridized carbons (Fsp3) is 0.0588. The average molecular weight is 705 g/mol. The van der Waals surface area contributed by atoms with Crippen LogP contribution in [-0.2, 0) is 5.41 Å². The smallest absolute Gasteiger partial charge is 0.234 e. The number of hydrogen-bond acceptors (Lipinski definition) is 2. The van der Waals surface area contributed by atoms with Gasteiger partial charge in [-0.05, 0) is 85.6 Å². The van der Waals surface area contributed by atoms with Crippen molar-refractivity contribution in [3.63, 3.8) is 0 Å². The van der Waals surface area contributed by atoms with E-state index in [4.69, 9.17) is 4.98 Å². The first-order valence-electron chi connectivity index (χ1n) is 18.9. The van der Waals surface area contributed by atoms with E-state index >= 15 is 0 Å². The van der Waals surface area contributed by atoms with Crippen molar-refractivity contribution in [2.45, 2.75) is 19.3 Å². The topological polar surface area (TPSA) is 35.1 Å². The molecule has 0 saturated carbocycles. The minimum absolute atomic E-state index is 0.106. The monoisotopic (exact) mass is 704 g/mol. The number of nitrogens with zero attached hydrogens (tertiary/aromatic N) is 4. The van der Waals surface area contributed by atoms with Gasteiger partial charge in [0.05, 0.1) is 16.9 Å². The van der Waals surface area contributed by atoms with Crippen molar-refractivity contribution in [3.05, 3.63) is 194 Å². The largest absolute Gasteiger partial charge is 0.309 e. The van der Waals surface area contributed by atoms with Gasteiger partial charge in [0, 0.05) is 46.2 Å². The highest BCUT2D eigenvalue weighted by Crippen LogP contribution is 2.51. The molecule has 260 valence electrons. The summed E-state index contributed by atoms with van der Waals surface area (Å²) in [5.41, 5.74) is 16.8. The molecule has 0 aliphatic heterocycles. The molecule has 0 radical (unpaired) electrons. The van der Waals surface area contributed by atoms with E-state index in [9.17, 15) is 0 Å². The lowest BCUT2D eigenvalue weighted by Gasteiger charge is -2.22. The summed E-state index contributed by atoms with van der Waals surface area (Å²) >= 11 is 0. The molecule has 4 heteroatoms. The Morgan fingerprint density at radius 2 is 1.25 bits per heavy atom. The maximum absolute atomic E-state index is 4.72. The van der Waals surface area contributed by atoms with Crippen LogP contribution in [0.1, 0.15) is 25.0 Å². The maximum Gasteiger partial charge on any atom is 0.234 e. The van der Waals surface area contributed by atoms with Gasteiger partial charge in [-0.2, -0.15) is 0 Å². The number of imidazole rings is 1. The minimum Gasteiger partial charge on any atom is -0.309 e. The van der Waals surface area contributed by atoms with Crippen molar-refractivity contribution in [3.8, 4) is 61.6 Å². The molecule has 11 rings (SSSR count). The molecule has 10 aromatic rings. The maximum atomic E-state index is 4.72. The Balaban J connectivity index is 1.12. The zero-order valence-electron chi connectivity index (χ0n) is 30.6. The van der Waals surface area contributed by atoms with Crippen molar-refractivity contribution < 1.29 is 0 Å². The second-order valence-corrected chi connectivity index (χ2v) is 15.1. The summed E-state index contributed by atoms with van der Waals surface area (Å²) in [5, 5.41) is 3.70. The summed E-state index contributed by atoms with van der Waals surface area (Å²) in [6.07, 6.45) is 5.78. The van der Waals surface area contributed by atoms with Crippen LogP contribution >= 0.6 is 0 Å². The number of fused-ring (bicyclic) bond motifs is 7. The lowest BCUT2D eigenvalue weighted by molar-refractivity contribution is 0.660. The third kappa shape index (κ3) is 4.85. The molecule has 0 fully saturated rings. The third-order valence-electron chi connectivity index (χ3n) is 11.6. The van der Waals surface area contributed by atoms with Gasteiger partial charge in [0.15, 0.2) is 0 Å². The summed E-state index contributed by atoms with van der Waals surface area (Å²) in [6, 6.07) is 59.9. The van der Waals surface area contributed by atoms with E-state index in [1.807, 2.05) is 22.9 Å². The van der Waals surface area contributed by atoms with Gasteiger partial charge in [0.1, 0.15) is 0 Å². The molecular weight excluding hydrogens is 669 g/mol. The van der Waals surface area contributed by atoms with Crippen LogP contribution < -0.4 is 0 Å².